The summed E-state index contributed by atoms with van der Waals surface area (Å²) in [6, 6.07) is 11.0. The van der Waals surface area contributed by atoms with E-state index in [0.717, 1.165) is 16.7 Å². The average molecular weight is 452 g/mol. The van der Waals surface area contributed by atoms with Crippen LogP contribution in [0.5, 0.6) is 5.75 Å². The minimum absolute atomic E-state index is 0.0961. The Labute approximate surface area is 188 Å². The minimum atomic E-state index is -0.427. The van der Waals surface area contributed by atoms with Crippen LogP contribution in [0.3, 0.4) is 0 Å². The third kappa shape index (κ3) is 5.44. The van der Waals surface area contributed by atoms with Crippen molar-refractivity contribution < 1.29 is 18.7 Å². The fraction of sp³-hybridized carbons (Fsp3) is 0.318. The molecule has 172 valence electrons. The van der Waals surface area contributed by atoms with Crippen LogP contribution >= 0.6 is 0 Å². The number of furan rings is 1. The summed E-state index contributed by atoms with van der Waals surface area (Å²) in [5.41, 5.74) is 1.09. The molecule has 0 saturated heterocycles. The maximum atomic E-state index is 12.8. The minimum Gasteiger partial charge on any atom is -0.497 e. The normalized spacial score (nSPS) is 11.2. The second-order valence-electron chi connectivity index (χ2n) is 7.36. The number of tetrazole rings is 1. The van der Waals surface area contributed by atoms with E-state index in [1.54, 1.807) is 32.4 Å². The molecule has 3 heterocycles. The number of aromatic amines is 1. The lowest BCUT2D eigenvalue weighted by molar-refractivity contribution is -0.144. The van der Waals surface area contributed by atoms with Gasteiger partial charge in [0.15, 0.2) is 5.82 Å². The number of carbonyl (C=O) groups excluding carboxylic acids is 1. The third-order valence-electron chi connectivity index (χ3n) is 5.04. The van der Waals surface area contributed by atoms with E-state index in [4.69, 9.17) is 13.9 Å². The fourth-order valence-electron chi connectivity index (χ4n) is 3.49. The number of fused-ring (bicyclic) bond motifs is 1. The number of carbonyl (C=O) groups is 1. The van der Waals surface area contributed by atoms with Gasteiger partial charge in [0.2, 0.25) is 0 Å². The summed E-state index contributed by atoms with van der Waals surface area (Å²) in [5.74, 6) is 1.46. The standard InChI is InChI=1S/C22H24N6O5/c1-3-32-21(29)14-28-20(24-25-26-28)13-27(12-18-5-4-8-33-18)11-16-9-15-10-17(31-2)6-7-19(15)23-22(16)30/h4-10H,3,11-14H2,1-2H3,(H,23,30). The molecule has 1 N–H and O–H groups in total. The Morgan fingerprint density at radius 3 is 2.85 bits per heavy atom. The molecular weight excluding hydrogens is 428 g/mol. The van der Waals surface area contributed by atoms with Crippen LogP contribution < -0.4 is 10.3 Å². The van der Waals surface area contributed by atoms with Crippen molar-refractivity contribution in [1.82, 2.24) is 30.1 Å². The molecule has 3 aromatic heterocycles. The quantitative estimate of drug-likeness (QED) is 0.359. The van der Waals surface area contributed by atoms with E-state index in [1.165, 1.54) is 4.68 Å². The van der Waals surface area contributed by atoms with Crippen molar-refractivity contribution in [3.05, 3.63) is 70.2 Å². The number of benzene rings is 1. The van der Waals surface area contributed by atoms with Gasteiger partial charge in [-0.05, 0) is 53.7 Å². The van der Waals surface area contributed by atoms with Gasteiger partial charge < -0.3 is 18.9 Å². The molecule has 0 atom stereocenters. The molecule has 11 nitrogen and oxygen atoms in total. The second kappa shape index (κ2) is 10.1. The fourth-order valence-corrected chi connectivity index (χ4v) is 3.49. The van der Waals surface area contributed by atoms with Crippen LogP contribution in [-0.4, -0.2) is 49.8 Å². The Hall–Kier alpha value is -3.99. The summed E-state index contributed by atoms with van der Waals surface area (Å²) in [4.78, 5) is 29.5. The molecule has 0 amide bonds. The van der Waals surface area contributed by atoms with Gasteiger partial charge >= 0.3 is 5.97 Å². The largest absolute Gasteiger partial charge is 0.497 e. The number of ether oxygens (including phenoxy) is 2. The van der Waals surface area contributed by atoms with Gasteiger partial charge in [-0.15, -0.1) is 5.10 Å². The highest BCUT2D eigenvalue weighted by Gasteiger charge is 2.18. The van der Waals surface area contributed by atoms with Crippen molar-refractivity contribution in [1.29, 1.82) is 0 Å². The average Bonchev–Trinajstić information content (AvgIpc) is 3.46. The Morgan fingerprint density at radius 1 is 1.21 bits per heavy atom. The van der Waals surface area contributed by atoms with Crippen molar-refractivity contribution in [2.24, 2.45) is 0 Å². The van der Waals surface area contributed by atoms with E-state index in [2.05, 4.69) is 20.5 Å². The lowest BCUT2D eigenvalue weighted by Gasteiger charge is -2.20. The van der Waals surface area contributed by atoms with Crippen LogP contribution in [0.2, 0.25) is 0 Å². The van der Waals surface area contributed by atoms with Gasteiger partial charge in [-0.1, -0.05) is 0 Å². The predicted molar refractivity (Wildman–Crippen MR) is 117 cm³/mol. The zero-order valence-corrected chi connectivity index (χ0v) is 18.4. The number of pyridine rings is 1. The van der Waals surface area contributed by atoms with Crippen LogP contribution in [0.15, 0.2) is 51.9 Å². The van der Waals surface area contributed by atoms with Gasteiger partial charge in [0.25, 0.3) is 5.56 Å². The first-order valence-corrected chi connectivity index (χ1v) is 10.4. The van der Waals surface area contributed by atoms with Gasteiger partial charge in [-0.2, -0.15) is 0 Å². The first-order chi connectivity index (χ1) is 16.1. The molecule has 0 fully saturated rings. The highest BCUT2D eigenvalue weighted by atomic mass is 16.5. The zero-order chi connectivity index (χ0) is 23.2. The van der Waals surface area contributed by atoms with Gasteiger partial charge in [0.05, 0.1) is 33.1 Å². The molecule has 0 aliphatic heterocycles. The molecule has 0 aliphatic rings. The SMILES string of the molecule is CCOC(=O)Cn1nnnc1CN(Cc1ccco1)Cc1cc2cc(OC)ccc2[nH]c1=O. The monoisotopic (exact) mass is 452 g/mol. The summed E-state index contributed by atoms with van der Waals surface area (Å²) in [6.45, 7) is 2.91. The smallest absolute Gasteiger partial charge is 0.327 e. The summed E-state index contributed by atoms with van der Waals surface area (Å²) < 4.78 is 17.2. The molecule has 1 aromatic carbocycles. The summed E-state index contributed by atoms with van der Waals surface area (Å²) in [7, 11) is 1.60. The molecule has 0 radical (unpaired) electrons. The van der Waals surface area contributed by atoms with E-state index in [9.17, 15) is 9.59 Å². The Kier molecular flexibility index (Phi) is 6.79. The second-order valence-corrected chi connectivity index (χ2v) is 7.36. The van der Waals surface area contributed by atoms with Crippen molar-refractivity contribution in [3.8, 4) is 5.75 Å². The predicted octanol–water partition coefficient (Wildman–Crippen LogP) is 1.88. The van der Waals surface area contributed by atoms with Crippen molar-refractivity contribution in [2.75, 3.05) is 13.7 Å². The van der Waals surface area contributed by atoms with Crippen LogP contribution in [0.25, 0.3) is 10.9 Å². The molecule has 4 aromatic rings. The number of methoxy groups -OCH3 is 1. The number of nitrogens with zero attached hydrogens (tertiary/aromatic N) is 5. The summed E-state index contributed by atoms with van der Waals surface area (Å²) >= 11 is 0. The molecule has 0 aliphatic carbocycles. The lowest BCUT2D eigenvalue weighted by atomic mass is 10.1. The van der Waals surface area contributed by atoms with E-state index in [-0.39, 0.29) is 25.3 Å². The highest BCUT2D eigenvalue weighted by molar-refractivity contribution is 5.80. The molecule has 0 unspecified atom stereocenters. The lowest BCUT2D eigenvalue weighted by Crippen LogP contribution is -2.28. The number of H-pyrrole nitrogens is 1. The van der Waals surface area contributed by atoms with Crippen LogP contribution in [0.4, 0.5) is 0 Å². The molecule has 0 saturated carbocycles. The molecule has 0 spiro atoms. The van der Waals surface area contributed by atoms with Crippen molar-refractivity contribution in [2.45, 2.75) is 33.1 Å². The number of nitrogens with one attached hydrogen (secondary N) is 1. The Morgan fingerprint density at radius 2 is 2.09 bits per heavy atom. The van der Waals surface area contributed by atoms with E-state index in [0.29, 0.717) is 30.2 Å². The molecule has 33 heavy (non-hydrogen) atoms. The highest BCUT2D eigenvalue weighted by Crippen LogP contribution is 2.20. The number of hydrogen-bond acceptors (Lipinski definition) is 9. The topological polar surface area (TPSA) is 128 Å². The van der Waals surface area contributed by atoms with Gasteiger partial charge in [0, 0.05) is 23.0 Å². The van der Waals surface area contributed by atoms with Gasteiger partial charge in [-0.25, -0.2) is 4.68 Å². The van der Waals surface area contributed by atoms with Crippen LogP contribution in [0, 0.1) is 0 Å². The van der Waals surface area contributed by atoms with Gasteiger partial charge in [0.1, 0.15) is 18.1 Å². The van der Waals surface area contributed by atoms with Crippen LogP contribution in [-0.2, 0) is 35.7 Å². The molecule has 0 bridgehead atoms. The summed E-state index contributed by atoms with van der Waals surface area (Å²) in [6.07, 6.45) is 1.59. The molecule has 4 rings (SSSR count). The van der Waals surface area contributed by atoms with Crippen molar-refractivity contribution >= 4 is 16.9 Å². The van der Waals surface area contributed by atoms with Crippen molar-refractivity contribution in [3.63, 3.8) is 0 Å². The van der Waals surface area contributed by atoms with E-state index in [1.807, 2.05) is 29.2 Å². The van der Waals surface area contributed by atoms with Crippen LogP contribution in [0.1, 0.15) is 24.1 Å². The van der Waals surface area contributed by atoms with Gasteiger partial charge in [-0.3, -0.25) is 14.5 Å². The summed E-state index contributed by atoms with van der Waals surface area (Å²) in [5, 5.41) is 12.5. The Balaban J connectivity index is 1.61. The number of aromatic nitrogens is 5. The zero-order valence-electron chi connectivity index (χ0n) is 18.4. The molecule has 11 heteroatoms. The number of rotatable bonds is 10. The Bertz CT molecular complexity index is 1280. The first-order valence-electron chi connectivity index (χ1n) is 10.4. The third-order valence-corrected chi connectivity index (χ3v) is 5.04. The number of esters is 1. The van der Waals surface area contributed by atoms with E-state index >= 15 is 0 Å². The maximum absolute atomic E-state index is 12.8. The number of hydrogen-bond donors (Lipinski definition) is 1. The molecular formula is C22H24N6O5. The van der Waals surface area contributed by atoms with E-state index < -0.39 is 5.97 Å². The maximum Gasteiger partial charge on any atom is 0.327 e. The first kappa shape index (κ1) is 22.2.